The molecule has 2 aliphatic rings. The highest BCUT2D eigenvalue weighted by atomic mass is 32.2. The fourth-order valence-corrected chi connectivity index (χ4v) is 5.08. The third kappa shape index (κ3) is 4.99. The molecule has 31 heavy (non-hydrogen) atoms. The molecule has 2 aromatic rings. The largest absolute Gasteiger partial charge is 0.493 e. The van der Waals surface area contributed by atoms with Crippen molar-refractivity contribution in [2.45, 2.75) is 24.3 Å². The molecule has 0 unspecified atom stereocenters. The fourth-order valence-electron chi connectivity index (χ4n) is 4.01. The molecule has 0 aliphatic carbocycles. The third-order valence-corrected chi connectivity index (χ3v) is 7.79. The highest BCUT2D eigenvalue weighted by Crippen LogP contribution is 2.31. The van der Waals surface area contributed by atoms with E-state index < -0.39 is 9.73 Å². The Hall–Kier alpha value is -2.23. The van der Waals surface area contributed by atoms with Gasteiger partial charge in [-0.25, -0.2) is 18.5 Å². The van der Waals surface area contributed by atoms with E-state index in [1.54, 1.807) is 25.8 Å². The van der Waals surface area contributed by atoms with Crippen molar-refractivity contribution in [1.82, 2.24) is 14.9 Å². The normalized spacial score (nSPS) is 19.4. The van der Waals surface area contributed by atoms with Gasteiger partial charge in [0, 0.05) is 64.4 Å². The number of aromatic nitrogens is 2. The zero-order chi connectivity index (χ0) is 21.8. The molecule has 1 aromatic carbocycles. The highest BCUT2D eigenvalue weighted by Gasteiger charge is 2.25. The maximum atomic E-state index is 12.7. The summed E-state index contributed by atoms with van der Waals surface area (Å²) in [4.78, 5) is 14.2. The van der Waals surface area contributed by atoms with Gasteiger partial charge in [0.2, 0.25) is 5.95 Å². The second-order valence-electron chi connectivity index (χ2n) is 8.03. The van der Waals surface area contributed by atoms with Crippen LogP contribution in [0.5, 0.6) is 5.75 Å². The van der Waals surface area contributed by atoms with E-state index in [-0.39, 0.29) is 0 Å². The standard InChI is InChI=1S/C22H31N5O3S/c1-17(19-5-4-18-6-12-30-21(18)14-19)26-8-10-27(11-9-26)22-23-15-20(16-24-22)31(3,28)25-7-13-29-2/h4-5,14-17H,6-13H2,1-3H3/t17-,31-/m0/s1. The molecule has 1 fully saturated rings. The van der Waals surface area contributed by atoms with E-state index in [4.69, 9.17) is 9.47 Å². The van der Waals surface area contributed by atoms with Crippen LogP contribution >= 0.6 is 0 Å². The molecule has 168 valence electrons. The third-order valence-electron chi connectivity index (χ3n) is 6.03. The minimum Gasteiger partial charge on any atom is -0.493 e. The number of piperazine rings is 1. The van der Waals surface area contributed by atoms with Crippen molar-refractivity contribution in [1.29, 1.82) is 0 Å². The second kappa shape index (κ2) is 9.50. The van der Waals surface area contributed by atoms with Crippen LogP contribution < -0.4 is 9.64 Å². The highest BCUT2D eigenvalue weighted by molar-refractivity contribution is 7.93. The van der Waals surface area contributed by atoms with Gasteiger partial charge >= 0.3 is 0 Å². The first-order valence-electron chi connectivity index (χ1n) is 10.7. The Morgan fingerprint density at radius 1 is 1.23 bits per heavy atom. The SMILES string of the molecule is COCCN=[S@@](C)(=O)c1cnc(N2CCN([C@@H](C)c3ccc4c(c3)OCC4)CC2)nc1. The molecule has 0 N–H and O–H groups in total. The number of methoxy groups -OCH3 is 1. The van der Waals surface area contributed by atoms with Crippen LogP contribution in [0.25, 0.3) is 0 Å². The van der Waals surface area contributed by atoms with E-state index >= 15 is 0 Å². The van der Waals surface area contributed by atoms with Crippen molar-refractivity contribution in [3.8, 4) is 5.75 Å². The first-order chi connectivity index (χ1) is 15.0. The summed E-state index contributed by atoms with van der Waals surface area (Å²) in [5.41, 5.74) is 2.61. The molecule has 0 bridgehead atoms. The predicted octanol–water partition coefficient (Wildman–Crippen LogP) is 2.40. The van der Waals surface area contributed by atoms with Crippen molar-refractivity contribution in [3.63, 3.8) is 0 Å². The van der Waals surface area contributed by atoms with Gasteiger partial charge in [-0.3, -0.25) is 4.90 Å². The van der Waals surface area contributed by atoms with Crippen molar-refractivity contribution < 1.29 is 13.7 Å². The monoisotopic (exact) mass is 445 g/mol. The molecule has 0 amide bonds. The van der Waals surface area contributed by atoms with Gasteiger partial charge in [-0.15, -0.1) is 0 Å². The van der Waals surface area contributed by atoms with Crippen LogP contribution in [0.15, 0.2) is 39.9 Å². The van der Waals surface area contributed by atoms with Crippen LogP contribution in [0, 0.1) is 0 Å². The smallest absolute Gasteiger partial charge is 0.225 e. The van der Waals surface area contributed by atoms with E-state index in [1.807, 2.05) is 0 Å². The molecule has 8 nitrogen and oxygen atoms in total. The molecular weight excluding hydrogens is 414 g/mol. The lowest BCUT2D eigenvalue weighted by molar-refractivity contribution is 0.197. The maximum absolute atomic E-state index is 12.7. The van der Waals surface area contributed by atoms with Gasteiger partial charge in [0.1, 0.15) is 5.75 Å². The predicted molar refractivity (Wildman–Crippen MR) is 121 cm³/mol. The molecule has 0 spiro atoms. The van der Waals surface area contributed by atoms with Gasteiger partial charge in [-0.1, -0.05) is 12.1 Å². The molecule has 2 aliphatic heterocycles. The van der Waals surface area contributed by atoms with Crippen LogP contribution in [-0.4, -0.2) is 78.4 Å². The number of nitrogens with zero attached hydrogens (tertiary/aromatic N) is 5. The van der Waals surface area contributed by atoms with Crippen LogP contribution in [0.1, 0.15) is 24.1 Å². The molecule has 4 rings (SSSR count). The number of ether oxygens (including phenoxy) is 2. The number of anilines is 1. The fraction of sp³-hybridized carbons (Fsp3) is 0.545. The van der Waals surface area contributed by atoms with Gasteiger partial charge in [-0.2, -0.15) is 0 Å². The molecule has 2 atom stereocenters. The Morgan fingerprint density at radius 2 is 1.97 bits per heavy atom. The van der Waals surface area contributed by atoms with E-state index in [0.717, 1.165) is 45.0 Å². The summed E-state index contributed by atoms with van der Waals surface area (Å²) in [6.45, 7) is 7.45. The lowest BCUT2D eigenvalue weighted by atomic mass is 10.0. The van der Waals surface area contributed by atoms with E-state index in [2.05, 4.69) is 49.3 Å². The Morgan fingerprint density at radius 3 is 2.68 bits per heavy atom. The van der Waals surface area contributed by atoms with Gasteiger partial charge in [0.05, 0.1) is 34.4 Å². The minimum absolute atomic E-state index is 0.332. The summed E-state index contributed by atoms with van der Waals surface area (Å²) >= 11 is 0. The Kier molecular flexibility index (Phi) is 6.74. The number of fused-ring (bicyclic) bond motifs is 1. The summed E-state index contributed by atoms with van der Waals surface area (Å²) in [6, 6.07) is 6.96. The van der Waals surface area contributed by atoms with Crippen molar-refractivity contribution in [2.24, 2.45) is 4.36 Å². The molecule has 1 saturated heterocycles. The van der Waals surface area contributed by atoms with Crippen LogP contribution in [-0.2, 0) is 20.9 Å². The summed E-state index contributed by atoms with van der Waals surface area (Å²) in [7, 11) is -0.899. The summed E-state index contributed by atoms with van der Waals surface area (Å²) in [5, 5.41) is 0. The average molecular weight is 446 g/mol. The lowest BCUT2D eigenvalue weighted by Crippen LogP contribution is -2.47. The first kappa shape index (κ1) is 22.0. The van der Waals surface area contributed by atoms with Crippen molar-refractivity contribution >= 4 is 15.7 Å². The van der Waals surface area contributed by atoms with E-state index in [1.165, 1.54) is 11.1 Å². The zero-order valence-corrected chi connectivity index (χ0v) is 19.3. The molecule has 0 radical (unpaired) electrons. The number of hydrogen-bond donors (Lipinski definition) is 0. The summed E-state index contributed by atoms with van der Waals surface area (Å²) < 4.78 is 27.7. The number of hydrogen-bond acceptors (Lipinski definition) is 8. The first-order valence-corrected chi connectivity index (χ1v) is 12.6. The van der Waals surface area contributed by atoms with Crippen LogP contribution in [0.3, 0.4) is 0 Å². The Balaban J connectivity index is 1.36. The summed E-state index contributed by atoms with van der Waals surface area (Å²) in [5.74, 6) is 1.71. The quantitative estimate of drug-likeness (QED) is 0.606. The second-order valence-corrected chi connectivity index (χ2v) is 10.4. The van der Waals surface area contributed by atoms with Crippen LogP contribution in [0.2, 0.25) is 0 Å². The van der Waals surface area contributed by atoms with Gasteiger partial charge < -0.3 is 14.4 Å². The van der Waals surface area contributed by atoms with Gasteiger partial charge in [-0.05, 0) is 24.1 Å². The maximum Gasteiger partial charge on any atom is 0.225 e. The lowest BCUT2D eigenvalue weighted by Gasteiger charge is -2.38. The Labute approximate surface area is 184 Å². The minimum atomic E-state index is -2.50. The van der Waals surface area contributed by atoms with Gasteiger partial charge in [0.25, 0.3) is 0 Å². The molecule has 0 saturated carbocycles. The van der Waals surface area contributed by atoms with Crippen molar-refractivity contribution in [2.75, 3.05) is 64.2 Å². The van der Waals surface area contributed by atoms with E-state index in [0.29, 0.717) is 30.0 Å². The molecule has 9 heteroatoms. The summed E-state index contributed by atoms with van der Waals surface area (Å²) in [6.07, 6.45) is 5.90. The Bertz CT molecular complexity index is 1010. The number of benzene rings is 1. The van der Waals surface area contributed by atoms with Crippen LogP contribution in [0.4, 0.5) is 5.95 Å². The van der Waals surface area contributed by atoms with E-state index in [9.17, 15) is 4.21 Å². The zero-order valence-electron chi connectivity index (χ0n) is 18.5. The average Bonchev–Trinajstić information content (AvgIpc) is 3.27. The van der Waals surface area contributed by atoms with Crippen molar-refractivity contribution in [3.05, 3.63) is 41.7 Å². The number of rotatable bonds is 7. The molecule has 1 aromatic heterocycles. The molecule has 3 heterocycles. The van der Waals surface area contributed by atoms with Gasteiger partial charge in [0.15, 0.2) is 0 Å². The topological polar surface area (TPSA) is 80.2 Å². The molecular formula is C22H31N5O3S.